The van der Waals surface area contributed by atoms with Crippen molar-refractivity contribution in [2.45, 2.75) is 13.0 Å². The van der Waals surface area contributed by atoms with Gasteiger partial charge in [0.15, 0.2) is 0 Å². The van der Waals surface area contributed by atoms with Gasteiger partial charge in [0.25, 0.3) is 0 Å². The molecule has 1 aromatic rings. The van der Waals surface area contributed by atoms with Crippen LogP contribution in [0.1, 0.15) is 12.0 Å². The fourth-order valence-electron chi connectivity index (χ4n) is 4.11. The monoisotopic (exact) mass is 332 g/mol. The highest BCUT2D eigenvalue weighted by Crippen LogP contribution is 2.34. The van der Waals surface area contributed by atoms with Crippen LogP contribution in [-0.2, 0) is 20.9 Å². The second kappa shape index (κ2) is 6.16. The van der Waals surface area contributed by atoms with Crippen LogP contribution in [0.5, 0.6) is 0 Å². The van der Waals surface area contributed by atoms with Crippen molar-refractivity contribution < 1.29 is 18.7 Å². The number of hydrogen-bond donors (Lipinski definition) is 0. The van der Waals surface area contributed by atoms with Gasteiger partial charge in [0.05, 0.1) is 18.4 Å². The number of rotatable bonds is 3. The number of nitrogens with zero attached hydrogens (tertiary/aromatic N) is 2. The van der Waals surface area contributed by atoms with Crippen LogP contribution in [0.15, 0.2) is 24.3 Å². The Bertz CT molecular complexity index is 659. The minimum absolute atomic E-state index is 0.0395. The quantitative estimate of drug-likeness (QED) is 0.838. The first-order chi connectivity index (χ1) is 11.6. The molecule has 3 saturated heterocycles. The fourth-order valence-corrected chi connectivity index (χ4v) is 4.11. The Morgan fingerprint density at radius 3 is 2.88 bits per heavy atom. The van der Waals surface area contributed by atoms with Gasteiger partial charge in [-0.05, 0) is 24.1 Å². The first kappa shape index (κ1) is 15.6. The number of likely N-dealkylation sites (tertiary alicyclic amines) is 2. The molecule has 0 aromatic heterocycles. The molecule has 1 unspecified atom stereocenters. The van der Waals surface area contributed by atoms with Crippen LogP contribution < -0.4 is 0 Å². The third-order valence-electron chi connectivity index (χ3n) is 5.38. The van der Waals surface area contributed by atoms with Gasteiger partial charge in [-0.1, -0.05) is 12.1 Å². The zero-order valence-corrected chi connectivity index (χ0v) is 13.5. The van der Waals surface area contributed by atoms with E-state index in [-0.39, 0.29) is 35.4 Å². The van der Waals surface area contributed by atoms with Gasteiger partial charge in [0.1, 0.15) is 5.82 Å². The van der Waals surface area contributed by atoms with Gasteiger partial charge in [0.2, 0.25) is 11.8 Å². The van der Waals surface area contributed by atoms with E-state index in [1.54, 1.807) is 11.0 Å². The summed E-state index contributed by atoms with van der Waals surface area (Å²) in [6.45, 7) is 3.39. The second-order valence-electron chi connectivity index (χ2n) is 7.02. The van der Waals surface area contributed by atoms with Crippen molar-refractivity contribution in [3.63, 3.8) is 0 Å². The van der Waals surface area contributed by atoms with Crippen molar-refractivity contribution in [2.75, 3.05) is 32.8 Å². The molecule has 0 saturated carbocycles. The molecule has 3 aliphatic rings. The predicted molar refractivity (Wildman–Crippen MR) is 84.3 cm³/mol. The van der Waals surface area contributed by atoms with Crippen LogP contribution in [0.3, 0.4) is 0 Å². The Morgan fingerprint density at radius 2 is 2.17 bits per heavy atom. The van der Waals surface area contributed by atoms with Crippen LogP contribution in [0, 0.1) is 23.6 Å². The summed E-state index contributed by atoms with van der Waals surface area (Å²) in [7, 11) is 0. The highest BCUT2D eigenvalue weighted by molar-refractivity contribution is 5.85. The maximum Gasteiger partial charge on any atom is 0.228 e. The molecule has 4 rings (SSSR count). The van der Waals surface area contributed by atoms with E-state index < -0.39 is 0 Å². The minimum Gasteiger partial charge on any atom is -0.381 e. The SMILES string of the molecule is O=C(C1CCOC1)N1C[C@@H]2CN(Cc3cccc(F)c3)C(=O)[C@@H]2C1. The van der Waals surface area contributed by atoms with Crippen molar-refractivity contribution in [1.82, 2.24) is 9.80 Å². The molecule has 128 valence electrons. The topological polar surface area (TPSA) is 49.9 Å². The number of benzene rings is 1. The minimum atomic E-state index is -0.283. The van der Waals surface area contributed by atoms with Crippen LogP contribution in [0.4, 0.5) is 4.39 Å². The lowest BCUT2D eigenvalue weighted by molar-refractivity contribution is -0.136. The largest absolute Gasteiger partial charge is 0.381 e. The number of amides is 2. The first-order valence-corrected chi connectivity index (χ1v) is 8.51. The summed E-state index contributed by atoms with van der Waals surface area (Å²) in [5.74, 6) is -0.0204. The number of carbonyl (C=O) groups excluding carboxylic acids is 2. The molecular weight excluding hydrogens is 311 g/mol. The Hall–Kier alpha value is -1.95. The summed E-state index contributed by atoms with van der Waals surface area (Å²) in [5, 5.41) is 0. The molecule has 0 aliphatic carbocycles. The fraction of sp³-hybridized carbons (Fsp3) is 0.556. The van der Waals surface area contributed by atoms with Gasteiger partial charge < -0.3 is 14.5 Å². The molecule has 0 spiro atoms. The zero-order valence-electron chi connectivity index (χ0n) is 13.5. The Morgan fingerprint density at radius 1 is 1.29 bits per heavy atom. The summed E-state index contributed by atoms with van der Waals surface area (Å²) in [6, 6.07) is 6.37. The van der Waals surface area contributed by atoms with E-state index in [4.69, 9.17) is 4.74 Å². The summed E-state index contributed by atoms with van der Waals surface area (Å²) in [6.07, 6.45) is 0.782. The van der Waals surface area contributed by atoms with E-state index >= 15 is 0 Å². The van der Waals surface area contributed by atoms with Crippen molar-refractivity contribution in [1.29, 1.82) is 0 Å². The summed E-state index contributed by atoms with van der Waals surface area (Å²) < 4.78 is 18.6. The van der Waals surface area contributed by atoms with Gasteiger partial charge in [-0.2, -0.15) is 0 Å². The lowest BCUT2D eigenvalue weighted by Crippen LogP contribution is -2.38. The molecule has 5 nitrogen and oxygen atoms in total. The van der Waals surface area contributed by atoms with Crippen LogP contribution in [0.25, 0.3) is 0 Å². The van der Waals surface area contributed by atoms with E-state index in [1.807, 2.05) is 11.0 Å². The lowest BCUT2D eigenvalue weighted by atomic mass is 10.0. The molecule has 2 amide bonds. The van der Waals surface area contributed by atoms with E-state index in [1.165, 1.54) is 12.1 Å². The van der Waals surface area contributed by atoms with Crippen LogP contribution in [-0.4, -0.2) is 54.5 Å². The van der Waals surface area contributed by atoms with Crippen molar-refractivity contribution in [3.8, 4) is 0 Å². The van der Waals surface area contributed by atoms with Crippen molar-refractivity contribution in [3.05, 3.63) is 35.6 Å². The van der Waals surface area contributed by atoms with Gasteiger partial charge in [0, 0.05) is 38.7 Å². The first-order valence-electron chi connectivity index (χ1n) is 8.51. The Balaban J connectivity index is 1.38. The van der Waals surface area contributed by atoms with E-state index in [2.05, 4.69) is 0 Å². The number of halogens is 1. The maximum atomic E-state index is 13.3. The Labute approximate surface area is 140 Å². The molecule has 3 aliphatic heterocycles. The lowest BCUT2D eigenvalue weighted by Gasteiger charge is -2.23. The summed E-state index contributed by atoms with van der Waals surface area (Å²) in [5.41, 5.74) is 0.805. The molecule has 24 heavy (non-hydrogen) atoms. The Kier molecular flexibility index (Phi) is 4.00. The van der Waals surface area contributed by atoms with Crippen LogP contribution in [0.2, 0.25) is 0 Å². The average Bonchev–Trinajstić information content (AvgIpc) is 3.27. The number of carbonyl (C=O) groups is 2. The third kappa shape index (κ3) is 2.79. The van der Waals surface area contributed by atoms with Crippen LogP contribution >= 0.6 is 0 Å². The standard InChI is InChI=1S/C18H21FN2O3/c19-15-3-1-2-12(6-15)7-20-8-14-9-21(10-16(14)18(20)23)17(22)13-4-5-24-11-13/h1-3,6,13-14,16H,4-5,7-11H2/t13?,14-,16+/m0/s1. The molecule has 1 aromatic carbocycles. The third-order valence-corrected chi connectivity index (χ3v) is 5.38. The van der Waals surface area contributed by atoms with Gasteiger partial charge in [-0.25, -0.2) is 4.39 Å². The van der Waals surface area contributed by atoms with Gasteiger partial charge in [-0.15, -0.1) is 0 Å². The second-order valence-corrected chi connectivity index (χ2v) is 7.02. The van der Waals surface area contributed by atoms with Gasteiger partial charge in [-0.3, -0.25) is 9.59 Å². The van der Waals surface area contributed by atoms with Crippen molar-refractivity contribution >= 4 is 11.8 Å². The maximum absolute atomic E-state index is 13.3. The smallest absolute Gasteiger partial charge is 0.228 e. The normalized spacial score (nSPS) is 29.4. The molecule has 3 heterocycles. The number of ether oxygens (including phenoxy) is 1. The van der Waals surface area contributed by atoms with Crippen molar-refractivity contribution in [2.24, 2.45) is 17.8 Å². The molecule has 0 bridgehead atoms. The van der Waals surface area contributed by atoms with E-state index in [0.717, 1.165) is 12.0 Å². The molecule has 0 radical (unpaired) electrons. The predicted octanol–water partition coefficient (Wildman–Crippen LogP) is 1.28. The van der Waals surface area contributed by atoms with E-state index in [0.29, 0.717) is 39.4 Å². The highest BCUT2D eigenvalue weighted by Gasteiger charge is 2.48. The van der Waals surface area contributed by atoms with E-state index in [9.17, 15) is 14.0 Å². The molecule has 3 fully saturated rings. The molecule has 0 N–H and O–H groups in total. The summed E-state index contributed by atoms with van der Waals surface area (Å²) in [4.78, 5) is 28.7. The molecule has 3 atom stereocenters. The summed E-state index contributed by atoms with van der Waals surface area (Å²) >= 11 is 0. The molecular formula is C18H21FN2O3. The number of fused-ring (bicyclic) bond motifs is 1. The zero-order chi connectivity index (χ0) is 16.7. The average molecular weight is 332 g/mol. The highest BCUT2D eigenvalue weighted by atomic mass is 19.1. The molecule has 6 heteroatoms. The number of hydrogen-bond acceptors (Lipinski definition) is 3. The van der Waals surface area contributed by atoms with Gasteiger partial charge >= 0.3 is 0 Å².